The Bertz CT molecular complexity index is 212. The molecule has 0 bridgehead atoms. The van der Waals surface area contributed by atoms with Crippen LogP contribution in [0, 0.1) is 0 Å². The molecule has 0 amide bonds. The fourth-order valence-electron chi connectivity index (χ4n) is 3.43. The van der Waals surface area contributed by atoms with Crippen molar-refractivity contribution < 1.29 is 4.74 Å². The van der Waals surface area contributed by atoms with E-state index in [-0.39, 0.29) is 5.54 Å². The molecule has 1 aliphatic carbocycles. The maximum Gasteiger partial charge on any atom is 0.0620 e. The number of ether oxygens (including phenoxy) is 1. The van der Waals surface area contributed by atoms with E-state index in [1.807, 2.05) is 0 Å². The van der Waals surface area contributed by atoms with Gasteiger partial charge in [0.2, 0.25) is 0 Å². The van der Waals surface area contributed by atoms with Gasteiger partial charge in [0.15, 0.2) is 0 Å². The van der Waals surface area contributed by atoms with Crippen LogP contribution in [0.4, 0.5) is 0 Å². The molecule has 0 aromatic heterocycles. The molecular formula is C13H26N2O. The van der Waals surface area contributed by atoms with Gasteiger partial charge in [-0.25, -0.2) is 0 Å². The van der Waals surface area contributed by atoms with Crippen LogP contribution in [0.2, 0.25) is 0 Å². The molecule has 1 saturated carbocycles. The van der Waals surface area contributed by atoms with Gasteiger partial charge in [0, 0.05) is 24.7 Å². The third-order valence-corrected chi connectivity index (χ3v) is 4.39. The molecule has 1 unspecified atom stereocenters. The molecule has 0 radical (unpaired) electrons. The highest BCUT2D eigenvalue weighted by Crippen LogP contribution is 2.34. The second-order valence-corrected chi connectivity index (χ2v) is 5.46. The van der Waals surface area contributed by atoms with Gasteiger partial charge >= 0.3 is 0 Å². The first kappa shape index (κ1) is 12.3. The van der Waals surface area contributed by atoms with Crippen LogP contribution in [0.5, 0.6) is 0 Å². The summed E-state index contributed by atoms with van der Waals surface area (Å²) in [5.74, 6) is 0. The lowest BCUT2D eigenvalue weighted by atomic mass is 9.86. The molecular weight excluding hydrogens is 200 g/mol. The van der Waals surface area contributed by atoms with Crippen LogP contribution in [0.3, 0.4) is 0 Å². The summed E-state index contributed by atoms with van der Waals surface area (Å²) < 4.78 is 5.54. The number of rotatable bonds is 2. The van der Waals surface area contributed by atoms with Crippen molar-refractivity contribution >= 4 is 0 Å². The van der Waals surface area contributed by atoms with E-state index in [0.29, 0.717) is 6.04 Å². The molecule has 2 aliphatic rings. The molecule has 16 heavy (non-hydrogen) atoms. The van der Waals surface area contributed by atoms with E-state index in [9.17, 15) is 0 Å². The van der Waals surface area contributed by atoms with Crippen LogP contribution in [0.25, 0.3) is 0 Å². The number of nitrogens with two attached hydrogens (primary N) is 1. The van der Waals surface area contributed by atoms with Crippen LogP contribution in [-0.2, 0) is 4.74 Å². The summed E-state index contributed by atoms with van der Waals surface area (Å²) in [5, 5.41) is 0. The average molecular weight is 226 g/mol. The van der Waals surface area contributed by atoms with Crippen molar-refractivity contribution in [3.8, 4) is 0 Å². The quantitative estimate of drug-likeness (QED) is 0.729. The lowest BCUT2D eigenvalue weighted by Gasteiger charge is -2.48. The fraction of sp³-hybridized carbons (Fsp3) is 1.00. The molecule has 1 atom stereocenters. The van der Waals surface area contributed by atoms with Gasteiger partial charge in [0.05, 0.1) is 13.2 Å². The first-order valence-electron chi connectivity index (χ1n) is 6.83. The van der Waals surface area contributed by atoms with Crippen molar-refractivity contribution in [3.05, 3.63) is 0 Å². The summed E-state index contributed by atoms with van der Waals surface area (Å²) in [6.45, 7) is 5.92. The minimum absolute atomic E-state index is 0.277. The third-order valence-electron chi connectivity index (χ3n) is 4.39. The van der Waals surface area contributed by atoms with Crippen molar-refractivity contribution in [2.45, 2.75) is 57.0 Å². The number of morpholine rings is 1. The molecule has 0 aromatic carbocycles. The third kappa shape index (κ3) is 2.41. The standard InChI is InChI=1S/C13H26N2O/c1-12-10-16-9-8-15(12)13(11-14)6-4-2-3-5-7-13/h12H,2-11,14H2,1H3. The van der Waals surface area contributed by atoms with Crippen LogP contribution in [0.1, 0.15) is 45.4 Å². The van der Waals surface area contributed by atoms with Crippen LogP contribution < -0.4 is 5.73 Å². The normalized spacial score (nSPS) is 32.2. The largest absolute Gasteiger partial charge is 0.379 e. The Morgan fingerprint density at radius 1 is 1.25 bits per heavy atom. The molecule has 2 fully saturated rings. The lowest BCUT2D eigenvalue weighted by molar-refractivity contribution is -0.0617. The SMILES string of the molecule is CC1COCCN1C1(CN)CCCCCC1. The molecule has 0 aromatic rings. The molecule has 3 nitrogen and oxygen atoms in total. The Morgan fingerprint density at radius 3 is 2.50 bits per heavy atom. The maximum absolute atomic E-state index is 6.12. The summed E-state index contributed by atoms with van der Waals surface area (Å²) in [5.41, 5.74) is 6.40. The summed E-state index contributed by atoms with van der Waals surface area (Å²) in [6, 6.07) is 0.537. The maximum atomic E-state index is 6.12. The second kappa shape index (κ2) is 5.48. The second-order valence-electron chi connectivity index (χ2n) is 5.46. The van der Waals surface area contributed by atoms with Crippen molar-refractivity contribution in [1.82, 2.24) is 4.90 Å². The van der Waals surface area contributed by atoms with Gasteiger partial charge in [-0.1, -0.05) is 25.7 Å². The zero-order valence-corrected chi connectivity index (χ0v) is 10.6. The minimum atomic E-state index is 0.277. The first-order chi connectivity index (χ1) is 7.78. The molecule has 2 N–H and O–H groups in total. The average Bonchev–Trinajstić information content (AvgIpc) is 2.56. The Labute approximate surface area is 99.3 Å². The van der Waals surface area contributed by atoms with E-state index >= 15 is 0 Å². The Hall–Kier alpha value is -0.120. The predicted molar refractivity (Wildman–Crippen MR) is 66.5 cm³/mol. The predicted octanol–water partition coefficient (Wildman–Crippen LogP) is 1.76. The first-order valence-corrected chi connectivity index (χ1v) is 6.83. The molecule has 1 saturated heterocycles. The van der Waals surface area contributed by atoms with E-state index in [1.165, 1.54) is 38.5 Å². The topological polar surface area (TPSA) is 38.5 Å². The minimum Gasteiger partial charge on any atom is -0.379 e. The van der Waals surface area contributed by atoms with E-state index in [1.54, 1.807) is 0 Å². The summed E-state index contributed by atoms with van der Waals surface area (Å²) in [7, 11) is 0. The molecule has 1 heterocycles. The Kier molecular flexibility index (Phi) is 4.22. The zero-order valence-electron chi connectivity index (χ0n) is 10.6. The van der Waals surface area contributed by atoms with E-state index in [2.05, 4.69) is 11.8 Å². The van der Waals surface area contributed by atoms with Gasteiger partial charge in [-0.15, -0.1) is 0 Å². The van der Waals surface area contributed by atoms with Gasteiger partial charge in [-0.3, -0.25) is 4.90 Å². The Balaban J connectivity index is 2.10. The van der Waals surface area contributed by atoms with Gasteiger partial charge < -0.3 is 10.5 Å². The van der Waals surface area contributed by atoms with E-state index in [0.717, 1.165) is 26.3 Å². The van der Waals surface area contributed by atoms with Gasteiger partial charge in [-0.2, -0.15) is 0 Å². The number of nitrogens with zero attached hydrogens (tertiary/aromatic N) is 1. The molecule has 1 aliphatic heterocycles. The van der Waals surface area contributed by atoms with Crippen LogP contribution in [0.15, 0.2) is 0 Å². The van der Waals surface area contributed by atoms with Crippen molar-refractivity contribution in [1.29, 1.82) is 0 Å². The number of hydrogen-bond acceptors (Lipinski definition) is 3. The van der Waals surface area contributed by atoms with E-state index < -0.39 is 0 Å². The smallest absolute Gasteiger partial charge is 0.0620 e. The molecule has 0 spiro atoms. The van der Waals surface area contributed by atoms with Crippen LogP contribution in [-0.4, -0.2) is 42.8 Å². The van der Waals surface area contributed by atoms with Crippen molar-refractivity contribution in [2.24, 2.45) is 5.73 Å². The van der Waals surface area contributed by atoms with Crippen molar-refractivity contribution in [3.63, 3.8) is 0 Å². The highest BCUT2D eigenvalue weighted by atomic mass is 16.5. The zero-order chi connectivity index (χ0) is 11.4. The summed E-state index contributed by atoms with van der Waals surface area (Å²) in [4.78, 5) is 2.64. The van der Waals surface area contributed by atoms with Gasteiger partial charge in [-0.05, 0) is 19.8 Å². The fourth-order valence-corrected chi connectivity index (χ4v) is 3.43. The monoisotopic (exact) mass is 226 g/mol. The molecule has 2 rings (SSSR count). The highest BCUT2D eigenvalue weighted by molar-refractivity contribution is 4.96. The van der Waals surface area contributed by atoms with E-state index in [4.69, 9.17) is 10.5 Å². The summed E-state index contributed by atoms with van der Waals surface area (Å²) >= 11 is 0. The highest BCUT2D eigenvalue weighted by Gasteiger charge is 2.39. The van der Waals surface area contributed by atoms with Gasteiger partial charge in [0.25, 0.3) is 0 Å². The summed E-state index contributed by atoms with van der Waals surface area (Å²) in [6.07, 6.45) is 8.05. The molecule has 94 valence electrons. The Morgan fingerprint density at radius 2 is 1.94 bits per heavy atom. The van der Waals surface area contributed by atoms with Gasteiger partial charge in [0.1, 0.15) is 0 Å². The van der Waals surface area contributed by atoms with Crippen molar-refractivity contribution in [2.75, 3.05) is 26.3 Å². The lowest BCUT2D eigenvalue weighted by Crippen LogP contribution is -2.60. The molecule has 3 heteroatoms. The number of hydrogen-bond donors (Lipinski definition) is 1. The van der Waals surface area contributed by atoms with Crippen LogP contribution >= 0.6 is 0 Å².